The van der Waals surface area contributed by atoms with Gasteiger partial charge in [-0.1, -0.05) is 12.2 Å². The van der Waals surface area contributed by atoms with Gasteiger partial charge in [0, 0.05) is 25.7 Å². The number of benzene rings is 1. The molecule has 2 aromatic heterocycles. The van der Waals surface area contributed by atoms with Crippen LogP contribution in [0, 0.1) is 5.82 Å². The molecule has 3 rings (SSSR count). The van der Waals surface area contributed by atoms with Crippen molar-refractivity contribution in [3.63, 3.8) is 0 Å². The molecule has 0 fully saturated rings. The topological polar surface area (TPSA) is 67.4 Å². The first-order valence-electron chi connectivity index (χ1n) is 9.09. The van der Waals surface area contributed by atoms with Gasteiger partial charge in [-0.2, -0.15) is 5.10 Å². The zero-order valence-corrected chi connectivity index (χ0v) is 18.6. The molecule has 0 spiro atoms. The van der Waals surface area contributed by atoms with Crippen LogP contribution in [0.5, 0.6) is 0 Å². The van der Waals surface area contributed by atoms with E-state index in [4.69, 9.17) is 4.42 Å². The van der Waals surface area contributed by atoms with Gasteiger partial charge in [-0.25, -0.2) is 14.1 Å². The summed E-state index contributed by atoms with van der Waals surface area (Å²) in [6.45, 7) is 7.61. The highest BCUT2D eigenvalue weighted by Gasteiger charge is 2.04. The molecule has 0 atom stereocenters. The van der Waals surface area contributed by atoms with E-state index in [1.807, 2.05) is 31.3 Å². The van der Waals surface area contributed by atoms with Gasteiger partial charge in [0.05, 0.1) is 24.2 Å². The van der Waals surface area contributed by atoms with E-state index in [1.165, 1.54) is 12.1 Å². The van der Waals surface area contributed by atoms with E-state index in [0.29, 0.717) is 25.6 Å². The summed E-state index contributed by atoms with van der Waals surface area (Å²) in [5, 5.41) is 11.0. The van der Waals surface area contributed by atoms with Gasteiger partial charge in [0.25, 0.3) is 0 Å². The van der Waals surface area contributed by atoms with Crippen molar-refractivity contribution in [3.8, 4) is 5.69 Å². The Labute approximate surface area is 186 Å². The second-order valence-corrected chi connectivity index (χ2v) is 6.46. The van der Waals surface area contributed by atoms with E-state index in [1.54, 1.807) is 23.1 Å². The minimum absolute atomic E-state index is 0. The summed E-state index contributed by atoms with van der Waals surface area (Å²) in [7, 11) is 0. The van der Waals surface area contributed by atoms with Crippen LogP contribution in [0.2, 0.25) is 0 Å². The van der Waals surface area contributed by atoms with E-state index in [9.17, 15) is 4.39 Å². The number of aromatic nitrogens is 2. The number of aliphatic imine (C=N–C) groups is 1. The van der Waals surface area contributed by atoms with E-state index in [2.05, 4.69) is 27.3 Å². The second-order valence-electron chi connectivity index (χ2n) is 6.46. The molecule has 29 heavy (non-hydrogen) atoms. The molecular formula is C21H25FIN5O. The minimum Gasteiger partial charge on any atom is -0.469 e. The Balaban J connectivity index is 0.00000300. The maximum atomic E-state index is 13.1. The molecule has 0 bridgehead atoms. The lowest BCUT2D eigenvalue weighted by molar-refractivity contribution is 0.507. The number of hydrogen-bond acceptors (Lipinski definition) is 3. The standard InChI is InChI=1S/C21H24FN5O.HI/c1-16(2)14-24-21(23-11-9-20-4-3-13-28-20)25-15-18-10-12-27(26-18)19-7-5-17(22)6-8-19;/h3-8,10,12-13H,1,9,11,14-15H2,2H3,(H2,23,24,25);1H. The van der Waals surface area contributed by atoms with Crippen LogP contribution in [0.15, 0.2) is 76.5 Å². The molecule has 1 aromatic carbocycles. The SMILES string of the molecule is C=C(C)CNC(=NCc1ccn(-c2ccc(F)cc2)n1)NCCc1ccco1.I. The van der Waals surface area contributed by atoms with Gasteiger partial charge < -0.3 is 15.1 Å². The van der Waals surface area contributed by atoms with Crippen molar-refractivity contribution < 1.29 is 8.81 Å². The van der Waals surface area contributed by atoms with Crippen LogP contribution in [0.3, 0.4) is 0 Å². The molecular weight excluding hydrogens is 484 g/mol. The molecule has 2 heterocycles. The second kappa shape index (κ2) is 11.4. The fraction of sp³-hybridized carbons (Fsp3) is 0.238. The molecule has 3 aromatic rings. The van der Waals surface area contributed by atoms with Crippen LogP contribution >= 0.6 is 24.0 Å². The summed E-state index contributed by atoms with van der Waals surface area (Å²) in [6, 6.07) is 11.9. The van der Waals surface area contributed by atoms with Gasteiger partial charge in [-0.15, -0.1) is 24.0 Å². The molecule has 0 unspecified atom stereocenters. The van der Waals surface area contributed by atoms with Crippen molar-refractivity contribution in [3.05, 3.63) is 84.3 Å². The summed E-state index contributed by atoms with van der Waals surface area (Å²) in [6.07, 6.45) is 4.27. The normalized spacial score (nSPS) is 11.0. The Morgan fingerprint density at radius 3 is 2.69 bits per heavy atom. The predicted octanol–water partition coefficient (Wildman–Crippen LogP) is 4.08. The molecule has 0 saturated heterocycles. The first-order chi connectivity index (χ1) is 13.6. The highest BCUT2D eigenvalue weighted by atomic mass is 127. The lowest BCUT2D eigenvalue weighted by Gasteiger charge is -2.12. The highest BCUT2D eigenvalue weighted by molar-refractivity contribution is 14.0. The molecule has 0 amide bonds. The molecule has 0 radical (unpaired) electrons. The van der Waals surface area contributed by atoms with Gasteiger partial charge >= 0.3 is 0 Å². The summed E-state index contributed by atoms with van der Waals surface area (Å²) >= 11 is 0. The van der Waals surface area contributed by atoms with Gasteiger partial charge in [0.1, 0.15) is 11.6 Å². The largest absolute Gasteiger partial charge is 0.469 e. The van der Waals surface area contributed by atoms with Crippen LogP contribution in [0.1, 0.15) is 18.4 Å². The van der Waals surface area contributed by atoms with Gasteiger partial charge in [-0.3, -0.25) is 0 Å². The highest BCUT2D eigenvalue weighted by Crippen LogP contribution is 2.09. The third kappa shape index (κ3) is 7.37. The molecule has 154 valence electrons. The third-order valence-electron chi connectivity index (χ3n) is 3.94. The van der Waals surface area contributed by atoms with Crippen LogP contribution in [0.4, 0.5) is 4.39 Å². The third-order valence-corrected chi connectivity index (χ3v) is 3.94. The number of hydrogen-bond donors (Lipinski definition) is 2. The zero-order chi connectivity index (χ0) is 19.8. The van der Waals surface area contributed by atoms with Crippen LogP contribution in [-0.2, 0) is 13.0 Å². The number of nitrogens with one attached hydrogen (secondary N) is 2. The zero-order valence-electron chi connectivity index (χ0n) is 16.3. The van der Waals surface area contributed by atoms with Crippen molar-refractivity contribution in [2.75, 3.05) is 13.1 Å². The van der Waals surface area contributed by atoms with Crippen molar-refractivity contribution >= 4 is 29.9 Å². The van der Waals surface area contributed by atoms with Crippen LogP contribution in [0.25, 0.3) is 5.69 Å². The summed E-state index contributed by atoms with van der Waals surface area (Å²) < 4.78 is 20.1. The van der Waals surface area contributed by atoms with Crippen molar-refractivity contribution in [1.82, 2.24) is 20.4 Å². The molecule has 2 N–H and O–H groups in total. The molecule has 0 aliphatic heterocycles. The minimum atomic E-state index is -0.269. The van der Waals surface area contributed by atoms with Crippen molar-refractivity contribution in [2.45, 2.75) is 19.9 Å². The maximum absolute atomic E-state index is 13.1. The van der Waals surface area contributed by atoms with Crippen molar-refractivity contribution in [1.29, 1.82) is 0 Å². The van der Waals surface area contributed by atoms with Crippen LogP contribution in [-0.4, -0.2) is 28.8 Å². The molecule has 0 aliphatic rings. The smallest absolute Gasteiger partial charge is 0.191 e. The monoisotopic (exact) mass is 509 g/mol. The first kappa shape index (κ1) is 22.7. The lowest BCUT2D eigenvalue weighted by atomic mass is 10.3. The first-order valence-corrected chi connectivity index (χ1v) is 9.09. The Bertz CT molecular complexity index is 919. The summed E-state index contributed by atoms with van der Waals surface area (Å²) in [5.74, 6) is 1.34. The Hall–Kier alpha value is -2.62. The summed E-state index contributed by atoms with van der Waals surface area (Å²) in [5.41, 5.74) is 2.63. The van der Waals surface area contributed by atoms with Crippen LogP contribution < -0.4 is 10.6 Å². The Morgan fingerprint density at radius 2 is 2.00 bits per heavy atom. The number of furan rings is 1. The Kier molecular flexibility index (Phi) is 8.91. The van der Waals surface area contributed by atoms with E-state index in [0.717, 1.165) is 29.1 Å². The number of rotatable bonds is 8. The molecule has 0 aliphatic carbocycles. The fourth-order valence-corrected chi connectivity index (χ4v) is 2.51. The van der Waals surface area contributed by atoms with E-state index < -0.39 is 0 Å². The fourth-order valence-electron chi connectivity index (χ4n) is 2.51. The maximum Gasteiger partial charge on any atom is 0.191 e. The van der Waals surface area contributed by atoms with Gasteiger partial charge in [0.15, 0.2) is 5.96 Å². The quantitative estimate of drug-likeness (QED) is 0.208. The number of guanidine groups is 1. The number of halogens is 2. The van der Waals surface area contributed by atoms with Gasteiger partial charge in [0.2, 0.25) is 0 Å². The molecule has 6 nitrogen and oxygen atoms in total. The average Bonchev–Trinajstić information content (AvgIpc) is 3.36. The molecule has 0 saturated carbocycles. The lowest BCUT2D eigenvalue weighted by Crippen LogP contribution is -2.39. The van der Waals surface area contributed by atoms with E-state index in [-0.39, 0.29) is 29.8 Å². The predicted molar refractivity (Wildman–Crippen MR) is 123 cm³/mol. The Morgan fingerprint density at radius 1 is 1.21 bits per heavy atom. The van der Waals surface area contributed by atoms with Crippen molar-refractivity contribution in [2.24, 2.45) is 4.99 Å². The van der Waals surface area contributed by atoms with Gasteiger partial charge in [-0.05, 0) is 49.4 Å². The number of nitrogens with zero attached hydrogens (tertiary/aromatic N) is 3. The molecule has 8 heteroatoms. The summed E-state index contributed by atoms with van der Waals surface area (Å²) in [4.78, 5) is 4.59. The average molecular weight is 509 g/mol. The van der Waals surface area contributed by atoms with E-state index >= 15 is 0 Å².